The number of β-lactam (4-membered cyclic amide) rings is 1. The van der Waals surface area contributed by atoms with Crippen LogP contribution in [-0.2, 0) is 4.79 Å². The maximum atomic E-state index is 11.8. The van der Waals surface area contributed by atoms with Crippen LogP contribution in [0.5, 0.6) is 0 Å². The molecule has 1 atom stereocenters. The van der Waals surface area contributed by atoms with E-state index < -0.39 is 0 Å². The molecule has 3 heteroatoms. The number of benzene rings is 1. The summed E-state index contributed by atoms with van der Waals surface area (Å²) in [6.45, 7) is 0. The molecule has 100 valence electrons. The number of rotatable bonds is 2. The minimum Gasteiger partial charge on any atom is -0.345 e. The molecule has 0 radical (unpaired) electrons. The fraction of sp³-hybridized carbons (Fsp3) is 0.438. The van der Waals surface area contributed by atoms with Gasteiger partial charge in [0.1, 0.15) is 0 Å². The molecule has 2 aliphatic rings. The Bertz CT molecular complexity index is 503. The second kappa shape index (κ2) is 5.38. The molecule has 1 aromatic rings. The topological polar surface area (TPSA) is 29.1 Å². The van der Waals surface area contributed by atoms with E-state index in [-0.39, 0.29) is 11.9 Å². The summed E-state index contributed by atoms with van der Waals surface area (Å²) in [7, 11) is 0. The van der Waals surface area contributed by atoms with Gasteiger partial charge in [0.2, 0.25) is 0 Å². The summed E-state index contributed by atoms with van der Waals surface area (Å²) < 4.78 is 0. The fourth-order valence-corrected chi connectivity index (χ4v) is 3.48. The highest BCUT2D eigenvalue weighted by Crippen LogP contribution is 2.37. The summed E-state index contributed by atoms with van der Waals surface area (Å²) in [5.41, 5.74) is 1.73. The molecule has 1 aliphatic heterocycles. The van der Waals surface area contributed by atoms with E-state index in [2.05, 4.69) is 5.32 Å². The average Bonchev–Trinajstić information content (AvgIpc) is 2.46. The minimum absolute atomic E-state index is 0.00410. The lowest BCUT2D eigenvalue weighted by atomic mass is 9.77. The van der Waals surface area contributed by atoms with Crippen LogP contribution in [0.3, 0.4) is 0 Å². The molecular formula is C16H18ClNO. The van der Waals surface area contributed by atoms with E-state index >= 15 is 0 Å². The highest BCUT2D eigenvalue weighted by molar-refractivity contribution is 6.51. The molecule has 0 aromatic heterocycles. The Hall–Kier alpha value is -1.28. The van der Waals surface area contributed by atoms with Gasteiger partial charge in [0, 0.05) is 0 Å². The Labute approximate surface area is 118 Å². The van der Waals surface area contributed by atoms with Crippen molar-refractivity contribution >= 4 is 22.5 Å². The minimum atomic E-state index is 0.00410. The van der Waals surface area contributed by atoms with Gasteiger partial charge in [0.25, 0.3) is 5.91 Å². The molecule has 19 heavy (non-hydrogen) atoms. The Morgan fingerprint density at radius 3 is 2.42 bits per heavy atom. The largest absolute Gasteiger partial charge is 0.345 e. The van der Waals surface area contributed by atoms with Crippen molar-refractivity contribution in [1.29, 1.82) is 0 Å². The Morgan fingerprint density at radius 1 is 1.11 bits per heavy atom. The van der Waals surface area contributed by atoms with Gasteiger partial charge in [-0.1, -0.05) is 61.2 Å². The molecule has 1 aliphatic carbocycles. The van der Waals surface area contributed by atoms with Gasteiger partial charge in [-0.2, -0.15) is 0 Å². The van der Waals surface area contributed by atoms with Crippen LogP contribution in [0.1, 0.15) is 37.7 Å². The van der Waals surface area contributed by atoms with Crippen LogP contribution >= 0.6 is 11.6 Å². The zero-order valence-corrected chi connectivity index (χ0v) is 11.6. The summed E-state index contributed by atoms with van der Waals surface area (Å²) in [6, 6.07) is 9.94. The first-order valence-corrected chi connectivity index (χ1v) is 7.41. The monoisotopic (exact) mass is 275 g/mol. The maximum Gasteiger partial charge on any atom is 0.251 e. The molecule has 1 saturated heterocycles. The number of hydrogen-bond acceptors (Lipinski definition) is 1. The van der Waals surface area contributed by atoms with Crippen molar-refractivity contribution in [3.05, 3.63) is 41.5 Å². The van der Waals surface area contributed by atoms with Crippen molar-refractivity contribution in [2.75, 3.05) is 0 Å². The number of hydrogen-bond donors (Lipinski definition) is 1. The van der Waals surface area contributed by atoms with Gasteiger partial charge in [-0.3, -0.25) is 4.79 Å². The summed E-state index contributed by atoms with van der Waals surface area (Å²) in [4.78, 5) is 11.8. The van der Waals surface area contributed by atoms with Crippen LogP contribution in [0.15, 0.2) is 35.9 Å². The number of nitrogens with one attached hydrogen (secondary N) is 1. The van der Waals surface area contributed by atoms with Crippen LogP contribution in [0.25, 0.3) is 5.03 Å². The fourth-order valence-electron chi connectivity index (χ4n) is 3.15. The van der Waals surface area contributed by atoms with Crippen molar-refractivity contribution in [2.24, 2.45) is 5.92 Å². The van der Waals surface area contributed by atoms with E-state index in [1.165, 1.54) is 32.1 Å². The molecule has 1 amide bonds. The smallest absolute Gasteiger partial charge is 0.251 e. The van der Waals surface area contributed by atoms with Gasteiger partial charge >= 0.3 is 0 Å². The van der Waals surface area contributed by atoms with Gasteiger partial charge in [0.05, 0.1) is 16.6 Å². The molecule has 1 unspecified atom stereocenters. The van der Waals surface area contributed by atoms with Crippen LogP contribution in [-0.4, -0.2) is 11.9 Å². The van der Waals surface area contributed by atoms with Crippen LogP contribution in [0.2, 0.25) is 0 Å². The number of halogens is 1. The molecule has 2 nitrogen and oxygen atoms in total. The molecule has 1 saturated carbocycles. The zero-order chi connectivity index (χ0) is 13.2. The second-order valence-electron chi connectivity index (χ2n) is 5.44. The van der Waals surface area contributed by atoms with Crippen molar-refractivity contribution in [3.8, 4) is 0 Å². The first kappa shape index (κ1) is 12.7. The van der Waals surface area contributed by atoms with Gasteiger partial charge < -0.3 is 5.32 Å². The average molecular weight is 276 g/mol. The van der Waals surface area contributed by atoms with Crippen molar-refractivity contribution < 1.29 is 4.79 Å². The molecule has 1 N–H and O–H groups in total. The zero-order valence-electron chi connectivity index (χ0n) is 10.9. The first-order chi connectivity index (χ1) is 9.27. The standard InChI is InChI=1S/C16H18ClNO/c17-14(11-7-3-1-4-8-11)13-15(18-16(13)19)12-9-5-2-6-10-12/h1,3-4,7-8,12,15H,2,5-6,9-10H2,(H,18,19)/b14-13+. The normalized spacial score (nSPS) is 26.6. The SMILES string of the molecule is O=C1NC(C2CCCCC2)/C1=C(\Cl)c1ccccc1. The third-order valence-electron chi connectivity index (χ3n) is 4.23. The summed E-state index contributed by atoms with van der Waals surface area (Å²) in [6.07, 6.45) is 6.27. The van der Waals surface area contributed by atoms with E-state index in [4.69, 9.17) is 11.6 Å². The molecule has 0 bridgehead atoms. The van der Waals surface area contributed by atoms with Gasteiger partial charge in [-0.05, 0) is 24.3 Å². The lowest BCUT2D eigenvalue weighted by molar-refractivity contribution is -0.123. The Balaban J connectivity index is 1.87. The Kier molecular flexibility index (Phi) is 3.61. The maximum absolute atomic E-state index is 11.8. The molecule has 0 spiro atoms. The summed E-state index contributed by atoms with van der Waals surface area (Å²) in [5.74, 6) is 0.573. The van der Waals surface area contributed by atoms with E-state index in [0.717, 1.165) is 11.1 Å². The molecule has 2 fully saturated rings. The molecule has 1 aromatic carbocycles. The lowest BCUT2D eigenvalue weighted by Crippen LogP contribution is -2.56. The molecule has 1 heterocycles. The van der Waals surface area contributed by atoms with Crippen molar-refractivity contribution in [3.63, 3.8) is 0 Å². The van der Waals surface area contributed by atoms with Gasteiger partial charge in [0.15, 0.2) is 0 Å². The second-order valence-corrected chi connectivity index (χ2v) is 5.82. The first-order valence-electron chi connectivity index (χ1n) is 7.03. The van der Waals surface area contributed by atoms with Crippen LogP contribution in [0.4, 0.5) is 0 Å². The number of carbonyl (C=O) groups excluding carboxylic acids is 1. The quantitative estimate of drug-likeness (QED) is 0.647. The van der Waals surface area contributed by atoms with Crippen LogP contribution in [0, 0.1) is 5.92 Å². The van der Waals surface area contributed by atoms with E-state index in [0.29, 0.717) is 11.0 Å². The highest BCUT2D eigenvalue weighted by atomic mass is 35.5. The third kappa shape index (κ3) is 2.42. The van der Waals surface area contributed by atoms with Crippen molar-refractivity contribution in [1.82, 2.24) is 5.32 Å². The lowest BCUT2D eigenvalue weighted by Gasteiger charge is -2.39. The number of amides is 1. The predicted molar refractivity (Wildman–Crippen MR) is 77.7 cm³/mol. The van der Waals surface area contributed by atoms with E-state index in [1.54, 1.807) is 0 Å². The number of carbonyl (C=O) groups is 1. The summed E-state index contributed by atoms with van der Waals surface area (Å²) >= 11 is 6.44. The van der Waals surface area contributed by atoms with E-state index in [9.17, 15) is 4.79 Å². The van der Waals surface area contributed by atoms with Crippen molar-refractivity contribution in [2.45, 2.75) is 38.1 Å². The van der Waals surface area contributed by atoms with Gasteiger partial charge in [-0.25, -0.2) is 0 Å². The van der Waals surface area contributed by atoms with Gasteiger partial charge in [-0.15, -0.1) is 0 Å². The third-order valence-corrected chi connectivity index (χ3v) is 4.65. The van der Waals surface area contributed by atoms with E-state index in [1.807, 2.05) is 30.3 Å². The predicted octanol–water partition coefficient (Wildman–Crippen LogP) is 3.72. The molecular weight excluding hydrogens is 258 g/mol. The van der Waals surface area contributed by atoms with Crippen LogP contribution < -0.4 is 5.32 Å². The molecule has 3 rings (SSSR count). The Morgan fingerprint density at radius 2 is 1.79 bits per heavy atom. The highest BCUT2D eigenvalue weighted by Gasteiger charge is 2.40. The summed E-state index contributed by atoms with van der Waals surface area (Å²) in [5, 5.41) is 3.66.